The van der Waals surface area contributed by atoms with E-state index >= 15 is 0 Å². The van der Waals surface area contributed by atoms with Crippen LogP contribution in [0.4, 0.5) is 10.1 Å². The molecule has 0 saturated carbocycles. The number of benzene rings is 1. The Hall–Kier alpha value is 0.154. The van der Waals surface area contributed by atoms with Crippen LogP contribution in [0.25, 0.3) is 0 Å². The third-order valence-electron chi connectivity index (χ3n) is 4.43. The van der Waals surface area contributed by atoms with Gasteiger partial charge in [0, 0.05) is 45.7 Å². The van der Waals surface area contributed by atoms with Crippen LogP contribution in [0, 0.1) is 19.7 Å². The van der Waals surface area contributed by atoms with E-state index in [9.17, 15) is 9.18 Å². The van der Waals surface area contributed by atoms with E-state index in [1.54, 1.807) is 0 Å². The van der Waals surface area contributed by atoms with Crippen LogP contribution in [0.3, 0.4) is 0 Å². The molecule has 0 atom stereocenters. The zero-order valence-electron chi connectivity index (χ0n) is 13.2. The maximum Gasteiger partial charge on any atom is 0.261 e. The number of amides is 1. The van der Waals surface area contributed by atoms with Crippen LogP contribution in [0.5, 0.6) is 0 Å². The molecule has 0 aromatic heterocycles. The summed E-state index contributed by atoms with van der Waals surface area (Å²) in [4.78, 5) is 12.3. The van der Waals surface area contributed by atoms with Crippen LogP contribution in [0.2, 0.25) is 0 Å². The molecule has 1 saturated heterocycles. The van der Waals surface area contributed by atoms with E-state index in [1.165, 1.54) is 43.5 Å². The van der Waals surface area contributed by atoms with Crippen molar-refractivity contribution in [1.29, 1.82) is 0 Å². The summed E-state index contributed by atoms with van der Waals surface area (Å²) in [6.07, 6.45) is 6.95. The van der Waals surface area contributed by atoms with Gasteiger partial charge in [-0.3, -0.25) is 4.79 Å². The largest absolute Gasteiger partial charge is 0.322 e. The molecule has 0 unspecified atom stereocenters. The number of hydrogen-bond acceptors (Lipinski definition) is 1. The van der Waals surface area contributed by atoms with E-state index in [4.69, 9.17) is 0 Å². The third-order valence-corrected chi connectivity index (χ3v) is 9.26. The fourth-order valence-electron chi connectivity index (χ4n) is 3.18. The van der Waals surface area contributed by atoms with Crippen molar-refractivity contribution < 1.29 is 41.9 Å². The van der Waals surface area contributed by atoms with Gasteiger partial charge in [0.1, 0.15) is 12.0 Å². The van der Waals surface area contributed by atoms with Gasteiger partial charge in [-0.2, -0.15) is 0 Å². The summed E-state index contributed by atoms with van der Waals surface area (Å²) in [6.45, 7) is 5.90. The molecule has 0 spiro atoms. The Labute approximate surface area is 152 Å². The molecule has 1 heterocycles. The molecule has 21 heavy (non-hydrogen) atoms. The monoisotopic (exact) mass is 385 g/mol. The molecule has 0 bridgehead atoms. The van der Waals surface area contributed by atoms with Crippen molar-refractivity contribution in [2.75, 3.05) is 30.0 Å². The van der Waals surface area contributed by atoms with Gasteiger partial charge in [-0.05, 0) is 56.9 Å². The number of halogens is 1. The van der Waals surface area contributed by atoms with Crippen molar-refractivity contribution in [1.82, 2.24) is 0 Å². The predicted octanol–water partition coefficient (Wildman–Crippen LogP) is 4.21. The molecule has 1 amide bonds. The summed E-state index contributed by atoms with van der Waals surface area (Å²) in [7, 11) is -1.05. The number of anilines is 1. The summed E-state index contributed by atoms with van der Waals surface area (Å²) in [6, 6.07) is 2.95. The smallest absolute Gasteiger partial charge is 0.261 e. The molecule has 1 fully saturated rings. The van der Waals surface area contributed by atoms with Crippen molar-refractivity contribution in [2.45, 2.75) is 33.6 Å². The second kappa shape index (κ2) is 8.13. The average Bonchev–Trinajstić information content (AvgIpc) is 2.83. The van der Waals surface area contributed by atoms with E-state index < -0.39 is 7.26 Å². The van der Waals surface area contributed by atoms with E-state index in [-0.39, 0.29) is 44.4 Å². The number of carbonyl (C=O) groups is 1. The Balaban J connectivity index is 0.00000220. The number of rotatable bonds is 4. The molecule has 1 N–H and O–H groups in total. The van der Waals surface area contributed by atoms with Crippen molar-refractivity contribution in [3.8, 4) is 0 Å². The fourth-order valence-corrected chi connectivity index (χ4v) is 7.06. The maximum atomic E-state index is 13.3. The quantitative estimate of drug-likeness (QED) is 0.773. The second-order valence-corrected chi connectivity index (χ2v) is 10.5. The van der Waals surface area contributed by atoms with Crippen molar-refractivity contribution in [3.05, 3.63) is 29.1 Å². The first-order chi connectivity index (χ1) is 9.46. The summed E-state index contributed by atoms with van der Waals surface area (Å²) < 4.78 is 13.3. The number of nitrogens with one attached hydrogen (secondary N) is 1. The standard InChI is InChI=1S/C16H23FNOP.Y/c1-4-20(7-5-6-8-20)11-15(19)18-16-12(2)9-14(17)10-13(16)3;/h9-10H,4-8,11H2,1-3H3;/p+1. The van der Waals surface area contributed by atoms with E-state index in [2.05, 4.69) is 12.2 Å². The predicted molar refractivity (Wildman–Crippen MR) is 85.8 cm³/mol. The Morgan fingerprint density at radius 2 is 1.76 bits per heavy atom. The summed E-state index contributed by atoms with van der Waals surface area (Å²) in [5.41, 5.74) is 2.38. The molecule has 1 aliphatic heterocycles. The molecule has 1 aromatic rings. The first-order valence-corrected chi connectivity index (χ1v) is 9.90. The van der Waals surface area contributed by atoms with Crippen LogP contribution in [-0.2, 0) is 37.5 Å². The van der Waals surface area contributed by atoms with Gasteiger partial charge in [0.25, 0.3) is 5.91 Å². The minimum Gasteiger partial charge on any atom is -0.322 e. The van der Waals surface area contributed by atoms with Crippen molar-refractivity contribution in [2.24, 2.45) is 0 Å². The molecule has 2 nitrogen and oxygen atoms in total. The second-order valence-electron chi connectivity index (χ2n) is 5.93. The molecule has 2 rings (SSSR count). The normalized spacial score (nSPS) is 16.4. The van der Waals surface area contributed by atoms with E-state index in [0.717, 1.165) is 16.8 Å². The van der Waals surface area contributed by atoms with Gasteiger partial charge in [0.05, 0.1) is 18.5 Å². The number of hydrogen-bond donors (Lipinski definition) is 1. The molecule has 1 aromatic carbocycles. The maximum absolute atomic E-state index is 13.3. The van der Waals surface area contributed by atoms with Crippen molar-refractivity contribution in [3.63, 3.8) is 0 Å². The average molecular weight is 385 g/mol. The molecule has 113 valence electrons. The summed E-state index contributed by atoms with van der Waals surface area (Å²) in [5.74, 6) is -0.133. The summed E-state index contributed by atoms with van der Waals surface area (Å²) >= 11 is 0. The van der Waals surface area contributed by atoms with Crippen LogP contribution >= 0.6 is 7.26 Å². The number of aryl methyl sites for hydroxylation is 2. The van der Waals surface area contributed by atoms with Crippen LogP contribution < -0.4 is 5.32 Å². The number of carbonyl (C=O) groups excluding carboxylic acids is 1. The van der Waals surface area contributed by atoms with Gasteiger partial charge in [-0.15, -0.1) is 0 Å². The van der Waals surface area contributed by atoms with Gasteiger partial charge in [0.15, 0.2) is 0 Å². The molecule has 5 heteroatoms. The Morgan fingerprint density at radius 1 is 1.24 bits per heavy atom. The topological polar surface area (TPSA) is 29.1 Å². The molecule has 0 aliphatic carbocycles. The minimum absolute atomic E-state index is 0. The van der Waals surface area contributed by atoms with Crippen molar-refractivity contribution >= 4 is 18.9 Å². The van der Waals surface area contributed by atoms with Gasteiger partial charge in [0.2, 0.25) is 0 Å². The van der Waals surface area contributed by atoms with Gasteiger partial charge in [-0.25, -0.2) is 4.39 Å². The first-order valence-electron chi connectivity index (χ1n) is 7.37. The Morgan fingerprint density at radius 3 is 2.24 bits per heavy atom. The van der Waals surface area contributed by atoms with Gasteiger partial charge >= 0.3 is 0 Å². The molecule has 1 aliphatic rings. The minimum atomic E-state index is -1.05. The third kappa shape index (κ3) is 4.81. The van der Waals surface area contributed by atoms with Crippen LogP contribution in [-0.4, -0.2) is 30.6 Å². The van der Waals surface area contributed by atoms with Crippen LogP contribution in [0.15, 0.2) is 12.1 Å². The molecular weight excluding hydrogens is 361 g/mol. The van der Waals surface area contributed by atoms with Crippen LogP contribution in [0.1, 0.15) is 30.9 Å². The zero-order chi connectivity index (χ0) is 14.8. The SMILES string of the molecule is CC[P+]1(CC(=O)Nc2c(C)cc(F)cc2C)CCCC1.[Y]. The Kier molecular flexibility index (Phi) is 7.44. The zero-order valence-corrected chi connectivity index (χ0v) is 16.9. The van der Waals surface area contributed by atoms with Gasteiger partial charge < -0.3 is 5.32 Å². The fraction of sp³-hybridized carbons (Fsp3) is 0.562. The molecular formula is C16H24FNOPY+. The summed E-state index contributed by atoms with van der Waals surface area (Å²) in [5, 5.41) is 3.01. The van der Waals surface area contributed by atoms with E-state index in [1.807, 2.05) is 13.8 Å². The van der Waals surface area contributed by atoms with Gasteiger partial charge in [-0.1, -0.05) is 0 Å². The first kappa shape index (κ1) is 19.2. The Bertz CT molecular complexity index is 492. The molecule has 1 radical (unpaired) electrons. The van der Waals surface area contributed by atoms with E-state index in [0.29, 0.717) is 6.16 Å².